The molecule has 0 radical (unpaired) electrons. The standard InChI is InChI=1S/C12H17F2NO2S/c1-16-11-7-9(8-18-6-2-5-15)3-4-10(11)17-12(13)14/h3-4,7,12H,2,5-6,8,15H2,1H3. The lowest BCUT2D eigenvalue weighted by Gasteiger charge is -2.11. The largest absolute Gasteiger partial charge is 0.493 e. The maximum atomic E-state index is 12.1. The Hall–Kier alpha value is -1.01. The molecule has 2 N–H and O–H groups in total. The minimum absolute atomic E-state index is 0.0585. The number of ether oxygens (including phenoxy) is 2. The summed E-state index contributed by atoms with van der Waals surface area (Å²) >= 11 is 1.75. The molecule has 0 aromatic heterocycles. The van der Waals surface area contributed by atoms with Gasteiger partial charge in [0.1, 0.15) is 0 Å². The Morgan fingerprint density at radius 3 is 2.72 bits per heavy atom. The third-order valence-electron chi connectivity index (χ3n) is 2.21. The van der Waals surface area contributed by atoms with Gasteiger partial charge >= 0.3 is 6.61 Å². The Labute approximate surface area is 110 Å². The molecule has 0 bridgehead atoms. The van der Waals surface area contributed by atoms with Crippen LogP contribution in [-0.2, 0) is 5.75 Å². The number of rotatable bonds is 8. The SMILES string of the molecule is COc1cc(CSCCCN)ccc1OC(F)F. The second-order valence-electron chi connectivity index (χ2n) is 3.56. The Kier molecular flexibility index (Phi) is 6.82. The Morgan fingerprint density at radius 1 is 1.33 bits per heavy atom. The normalized spacial score (nSPS) is 10.7. The van der Waals surface area contributed by atoms with E-state index < -0.39 is 6.61 Å². The van der Waals surface area contributed by atoms with Crippen LogP contribution in [-0.4, -0.2) is 26.0 Å². The van der Waals surface area contributed by atoms with Crippen LogP contribution in [0.15, 0.2) is 18.2 Å². The molecule has 0 saturated carbocycles. The first-order valence-corrected chi connectivity index (χ1v) is 6.72. The molecule has 3 nitrogen and oxygen atoms in total. The lowest BCUT2D eigenvalue weighted by Crippen LogP contribution is -2.03. The molecule has 0 aliphatic rings. The monoisotopic (exact) mass is 277 g/mol. The van der Waals surface area contributed by atoms with Crippen molar-refractivity contribution in [2.45, 2.75) is 18.8 Å². The molecule has 1 rings (SSSR count). The number of nitrogens with two attached hydrogens (primary N) is 1. The molecule has 0 aliphatic carbocycles. The maximum absolute atomic E-state index is 12.1. The van der Waals surface area contributed by atoms with Gasteiger partial charge in [-0.05, 0) is 36.4 Å². The molecule has 0 amide bonds. The van der Waals surface area contributed by atoms with Gasteiger partial charge in [-0.15, -0.1) is 0 Å². The molecule has 0 atom stereocenters. The minimum atomic E-state index is -2.84. The van der Waals surface area contributed by atoms with Gasteiger partial charge in [0.2, 0.25) is 0 Å². The van der Waals surface area contributed by atoms with Gasteiger partial charge in [-0.25, -0.2) is 0 Å². The zero-order valence-electron chi connectivity index (χ0n) is 10.2. The molecule has 6 heteroatoms. The summed E-state index contributed by atoms with van der Waals surface area (Å²) in [5, 5.41) is 0. The van der Waals surface area contributed by atoms with E-state index >= 15 is 0 Å². The molecule has 0 heterocycles. The number of halogens is 2. The van der Waals surface area contributed by atoms with E-state index in [-0.39, 0.29) is 5.75 Å². The lowest BCUT2D eigenvalue weighted by atomic mass is 10.2. The van der Waals surface area contributed by atoms with E-state index in [4.69, 9.17) is 10.5 Å². The van der Waals surface area contributed by atoms with Crippen molar-refractivity contribution < 1.29 is 18.3 Å². The number of benzene rings is 1. The molecule has 0 fully saturated rings. The molecule has 102 valence electrons. The second kappa shape index (κ2) is 8.16. The van der Waals surface area contributed by atoms with Gasteiger partial charge in [0, 0.05) is 5.75 Å². The average molecular weight is 277 g/mol. The Bertz CT molecular complexity index is 364. The lowest BCUT2D eigenvalue weighted by molar-refractivity contribution is -0.0512. The first-order valence-electron chi connectivity index (χ1n) is 5.57. The van der Waals surface area contributed by atoms with Crippen molar-refractivity contribution in [3.63, 3.8) is 0 Å². The van der Waals surface area contributed by atoms with E-state index in [9.17, 15) is 8.78 Å². The summed E-state index contributed by atoms with van der Waals surface area (Å²) in [5.74, 6) is 2.16. The second-order valence-corrected chi connectivity index (χ2v) is 4.66. The summed E-state index contributed by atoms with van der Waals surface area (Å²) < 4.78 is 33.6. The quantitative estimate of drug-likeness (QED) is 0.742. The van der Waals surface area contributed by atoms with Crippen molar-refractivity contribution >= 4 is 11.8 Å². The van der Waals surface area contributed by atoms with E-state index in [1.807, 2.05) is 0 Å². The first-order chi connectivity index (χ1) is 8.67. The van der Waals surface area contributed by atoms with Crippen LogP contribution in [0.3, 0.4) is 0 Å². The maximum Gasteiger partial charge on any atom is 0.387 e. The third-order valence-corrected chi connectivity index (χ3v) is 3.32. The molecule has 0 unspecified atom stereocenters. The van der Waals surface area contributed by atoms with Gasteiger partial charge in [-0.1, -0.05) is 6.07 Å². The van der Waals surface area contributed by atoms with Crippen LogP contribution >= 0.6 is 11.8 Å². The fourth-order valence-corrected chi connectivity index (χ4v) is 2.30. The summed E-state index contributed by atoms with van der Waals surface area (Å²) in [4.78, 5) is 0. The number of hydrogen-bond donors (Lipinski definition) is 1. The molecule has 18 heavy (non-hydrogen) atoms. The minimum Gasteiger partial charge on any atom is -0.493 e. The molecule has 0 spiro atoms. The van der Waals surface area contributed by atoms with Gasteiger partial charge in [0.05, 0.1) is 7.11 Å². The smallest absolute Gasteiger partial charge is 0.387 e. The van der Waals surface area contributed by atoms with Gasteiger partial charge in [0.25, 0.3) is 0 Å². The third kappa shape index (κ3) is 5.10. The van der Waals surface area contributed by atoms with Crippen LogP contribution < -0.4 is 15.2 Å². The highest BCUT2D eigenvalue weighted by Gasteiger charge is 2.10. The van der Waals surface area contributed by atoms with E-state index in [2.05, 4.69) is 4.74 Å². The van der Waals surface area contributed by atoms with Gasteiger partial charge in [-0.3, -0.25) is 0 Å². The molecule has 1 aromatic rings. The highest BCUT2D eigenvalue weighted by molar-refractivity contribution is 7.98. The number of thioether (sulfide) groups is 1. The Balaban J connectivity index is 2.60. The van der Waals surface area contributed by atoms with Crippen molar-refractivity contribution in [1.29, 1.82) is 0 Å². The summed E-state index contributed by atoms with van der Waals surface area (Å²) in [6.07, 6.45) is 0.967. The van der Waals surface area contributed by atoms with Gasteiger partial charge in [0.15, 0.2) is 11.5 Å². The number of methoxy groups -OCH3 is 1. The fourth-order valence-electron chi connectivity index (χ4n) is 1.37. The van der Waals surface area contributed by atoms with Crippen molar-refractivity contribution in [2.75, 3.05) is 19.4 Å². The number of alkyl halides is 2. The highest BCUT2D eigenvalue weighted by Crippen LogP contribution is 2.30. The van der Waals surface area contributed by atoms with Crippen LogP contribution in [0, 0.1) is 0 Å². The molecular formula is C12H17F2NO2S. The molecule has 0 aliphatic heterocycles. The van der Waals surface area contributed by atoms with Crippen molar-refractivity contribution in [3.05, 3.63) is 23.8 Å². The van der Waals surface area contributed by atoms with E-state index in [1.165, 1.54) is 13.2 Å². The van der Waals surface area contributed by atoms with Crippen LogP contribution in [0.25, 0.3) is 0 Å². The van der Waals surface area contributed by atoms with Crippen LogP contribution in [0.5, 0.6) is 11.5 Å². The van der Waals surface area contributed by atoms with Gasteiger partial charge in [-0.2, -0.15) is 20.5 Å². The van der Waals surface area contributed by atoms with Gasteiger partial charge < -0.3 is 15.2 Å². The topological polar surface area (TPSA) is 44.5 Å². The van der Waals surface area contributed by atoms with Crippen LogP contribution in [0.1, 0.15) is 12.0 Å². The summed E-state index contributed by atoms with van der Waals surface area (Å²) in [5.41, 5.74) is 6.41. The number of hydrogen-bond acceptors (Lipinski definition) is 4. The zero-order chi connectivity index (χ0) is 13.4. The average Bonchev–Trinajstić information content (AvgIpc) is 2.35. The van der Waals surface area contributed by atoms with Crippen molar-refractivity contribution in [1.82, 2.24) is 0 Å². The molecule has 0 saturated heterocycles. The van der Waals surface area contributed by atoms with Crippen LogP contribution in [0.2, 0.25) is 0 Å². The zero-order valence-corrected chi connectivity index (χ0v) is 11.0. The predicted molar refractivity (Wildman–Crippen MR) is 69.5 cm³/mol. The van der Waals surface area contributed by atoms with E-state index in [0.29, 0.717) is 12.3 Å². The molecule has 1 aromatic carbocycles. The van der Waals surface area contributed by atoms with Crippen LogP contribution in [0.4, 0.5) is 8.78 Å². The summed E-state index contributed by atoms with van der Waals surface area (Å²) in [6, 6.07) is 4.98. The Morgan fingerprint density at radius 2 is 2.11 bits per heavy atom. The summed E-state index contributed by atoms with van der Waals surface area (Å²) in [6.45, 7) is -2.17. The van der Waals surface area contributed by atoms with Crippen molar-refractivity contribution in [3.8, 4) is 11.5 Å². The highest BCUT2D eigenvalue weighted by atomic mass is 32.2. The molecular weight excluding hydrogens is 260 g/mol. The predicted octanol–water partition coefficient (Wildman–Crippen LogP) is 2.88. The van der Waals surface area contributed by atoms with E-state index in [1.54, 1.807) is 23.9 Å². The van der Waals surface area contributed by atoms with Crippen molar-refractivity contribution in [2.24, 2.45) is 5.73 Å². The fraction of sp³-hybridized carbons (Fsp3) is 0.500. The first kappa shape index (κ1) is 15.0. The van der Waals surface area contributed by atoms with E-state index in [0.717, 1.165) is 23.5 Å². The summed E-state index contributed by atoms with van der Waals surface area (Å²) in [7, 11) is 1.43.